The Labute approximate surface area is 192 Å². The molecule has 15 heteroatoms. The third kappa shape index (κ3) is 6.29. The minimum atomic E-state index is -3.01. The topological polar surface area (TPSA) is 157 Å². The van der Waals surface area contributed by atoms with Gasteiger partial charge in [0.2, 0.25) is 5.82 Å². The maximum atomic E-state index is 13.6. The van der Waals surface area contributed by atoms with Gasteiger partial charge in [0.25, 0.3) is 5.56 Å². The predicted molar refractivity (Wildman–Crippen MR) is 115 cm³/mol. The van der Waals surface area contributed by atoms with Gasteiger partial charge in [0.15, 0.2) is 11.3 Å². The van der Waals surface area contributed by atoms with Crippen molar-refractivity contribution in [1.82, 2.24) is 9.55 Å². The third-order valence-corrected chi connectivity index (χ3v) is 7.18. The zero-order chi connectivity index (χ0) is 24.3. The zero-order valence-corrected chi connectivity index (χ0v) is 20.1. The number of nitrogens with zero attached hydrogens (tertiary/aromatic N) is 1. The number of ether oxygens (including phenoxy) is 1. The lowest BCUT2D eigenvalue weighted by Gasteiger charge is -2.26. The number of carbonyl (C=O) groups is 1. The quantitative estimate of drug-likeness (QED) is 0.228. The van der Waals surface area contributed by atoms with Gasteiger partial charge >= 0.3 is 13.9 Å². The van der Waals surface area contributed by atoms with Crippen molar-refractivity contribution in [3.63, 3.8) is 0 Å². The summed E-state index contributed by atoms with van der Waals surface area (Å²) >= 11 is 7.24. The van der Waals surface area contributed by atoms with Crippen molar-refractivity contribution < 1.29 is 37.7 Å². The second-order valence-corrected chi connectivity index (χ2v) is 10.8. The zero-order valence-electron chi connectivity index (χ0n) is 17.5. The number of hydrogen-bond acceptors (Lipinski definition) is 10. The molecule has 0 aliphatic carbocycles. The summed E-state index contributed by atoms with van der Waals surface area (Å²) in [4.78, 5) is 35.3. The molecule has 5 atom stereocenters. The molecule has 1 saturated heterocycles. The molecule has 2 rings (SSSR count). The van der Waals surface area contributed by atoms with E-state index >= 15 is 0 Å². The molecular formula is C17H25ClFN2O9PS. The van der Waals surface area contributed by atoms with Crippen molar-refractivity contribution in [2.75, 3.05) is 25.6 Å². The number of carbonyl (C=O) groups excluding carboxylic acids is 1. The van der Waals surface area contributed by atoms with Crippen molar-refractivity contribution in [3.8, 4) is 0 Å². The van der Waals surface area contributed by atoms with E-state index in [1.807, 2.05) is 0 Å². The highest BCUT2D eigenvalue weighted by molar-refractivity contribution is 8.13. The number of aliphatic hydroxyl groups is 2. The van der Waals surface area contributed by atoms with Crippen LogP contribution in [-0.2, 0) is 23.1 Å². The number of hydrogen-bond donors (Lipinski definition) is 3. The van der Waals surface area contributed by atoms with Crippen molar-refractivity contribution in [3.05, 3.63) is 32.9 Å². The van der Waals surface area contributed by atoms with E-state index in [1.165, 1.54) is 6.92 Å². The van der Waals surface area contributed by atoms with Crippen LogP contribution in [0, 0.1) is 11.2 Å². The molecule has 1 fully saturated rings. The summed E-state index contributed by atoms with van der Waals surface area (Å²) in [6.07, 6.45) is -3.28. The molecule has 0 bridgehead atoms. The Balaban J connectivity index is 1.89. The van der Waals surface area contributed by atoms with E-state index in [-0.39, 0.29) is 24.1 Å². The number of alkyl halides is 1. The van der Waals surface area contributed by atoms with E-state index in [9.17, 15) is 28.4 Å². The van der Waals surface area contributed by atoms with Crippen LogP contribution in [0.15, 0.2) is 15.8 Å². The van der Waals surface area contributed by atoms with Gasteiger partial charge in [-0.3, -0.25) is 23.7 Å². The highest BCUT2D eigenvalue weighted by Crippen LogP contribution is 2.43. The van der Waals surface area contributed by atoms with E-state index in [4.69, 9.17) is 30.5 Å². The molecule has 1 unspecified atom stereocenters. The summed E-state index contributed by atoms with van der Waals surface area (Å²) in [5.41, 5.74) is -3.10. The molecular weight excluding hydrogens is 494 g/mol. The van der Waals surface area contributed by atoms with Crippen molar-refractivity contribution in [2.45, 2.75) is 44.1 Å². The molecule has 1 aliphatic heterocycles. The van der Waals surface area contributed by atoms with E-state index in [2.05, 4.69) is 0 Å². The van der Waals surface area contributed by atoms with Crippen LogP contribution in [0.25, 0.3) is 0 Å². The predicted octanol–water partition coefficient (Wildman–Crippen LogP) is 0.633. The van der Waals surface area contributed by atoms with Gasteiger partial charge in [-0.15, -0.1) is 11.6 Å². The van der Waals surface area contributed by atoms with Gasteiger partial charge in [0, 0.05) is 5.75 Å². The third-order valence-electron chi connectivity index (χ3n) is 4.74. The second-order valence-electron chi connectivity index (χ2n) is 7.85. The molecule has 0 saturated carbocycles. The standard InChI is InChI=1S/C17H25ClFN2O9PS/c1-16(2,8-22)14(25)32-5-4-28-31(27)29-7-10-11(23)17(3,18)13(30-10)21-6-9(19)12(24)20-15(21)26/h6,10-11,13,22-23,31H,4-5,7-8H2,1-3H3,(H,20,24,26)/t10-,11-,13-,17-/m1/s1. The van der Waals surface area contributed by atoms with Crippen molar-refractivity contribution in [2.24, 2.45) is 5.41 Å². The van der Waals surface area contributed by atoms with E-state index in [0.29, 0.717) is 10.8 Å². The molecule has 0 spiro atoms. The number of nitrogens with one attached hydrogen (secondary N) is 1. The average Bonchev–Trinajstić information content (AvgIpc) is 2.95. The van der Waals surface area contributed by atoms with Crippen LogP contribution in [-0.4, -0.2) is 67.5 Å². The Hall–Kier alpha value is -1.05. The second kappa shape index (κ2) is 10.9. The Morgan fingerprint density at radius 1 is 1.47 bits per heavy atom. The summed E-state index contributed by atoms with van der Waals surface area (Å²) in [5, 5.41) is 19.3. The molecule has 1 aromatic rings. The largest absolute Gasteiger partial charge is 0.395 e. The molecule has 1 aliphatic rings. The molecule has 1 aromatic heterocycles. The fourth-order valence-corrected chi connectivity index (χ4v) is 4.60. The number of aromatic amines is 1. The van der Waals surface area contributed by atoms with Crippen molar-refractivity contribution in [1.29, 1.82) is 0 Å². The first-order valence-corrected chi connectivity index (χ1v) is 12.0. The summed E-state index contributed by atoms with van der Waals surface area (Å²) in [6.45, 7) is 3.75. The average molecular weight is 519 g/mol. The van der Waals surface area contributed by atoms with E-state index in [1.54, 1.807) is 18.8 Å². The van der Waals surface area contributed by atoms with E-state index in [0.717, 1.165) is 11.8 Å². The van der Waals surface area contributed by atoms with E-state index < -0.39 is 60.7 Å². The molecule has 2 heterocycles. The summed E-state index contributed by atoms with van der Waals surface area (Å²) in [7, 11) is -3.01. The maximum absolute atomic E-state index is 13.6. The molecule has 0 amide bonds. The van der Waals surface area contributed by atoms with Gasteiger partial charge < -0.3 is 24.0 Å². The smallest absolute Gasteiger partial charge is 0.330 e. The maximum Gasteiger partial charge on any atom is 0.330 e. The first-order chi connectivity index (χ1) is 14.8. The van der Waals surface area contributed by atoms with Crippen LogP contribution < -0.4 is 11.2 Å². The van der Waals surface area contributed by atoms with Crippen molar-refractivity contribution >= 4 is 36.7 Å². The molecule has 32 heavy (non-hydrogen) atoms. The first kappa shape index (κ1) is 27.2. The molecule has 182 valence electrons. The fraction of sp³-hybridized carbons (Fsp3) is 0.706. The highest BCUT2D eigenvalue weighted by atomic mass is 35.5. The number of aromatic nitrogens is 2. The number of rotatable bonds is 10. The Kier molecular flexibility index (Phi) is 9.28. The molecule has 0 aromatic carbocycles. The number of halogens is 2. The highest BCUT2D eigenvalue weighted by Gasteiger charge is 2.53. The van der Waals surface area contributed by atoms with Gasteiger partial charge in [0.1, 0.15) is 17.1 Å². The minimum absolute atomic E-state index is 0.0638. The Morgan fingerprint density at radius 3 is 2.75 bits per heavy atom. The summed E-state index contributed by atoms with van der Waals surface area (Å²) < 4.78 is 41.9. The van der Waals surface area contributed by atoms with Gasteiger partial charge in [0.05, 0.1) is 31.4 Å². The van der Waals surface area contributed by atoms with Crippen LogP contribution in [0.2, 0.25) is 0 Å². The van der Waals surface area contributed by atoms with Crippen LogP contribution in [0.3, 0.4) is 0 Å². The molecule has 0 radical (unpaired) electrons. The lowest BCUT2D eigenvalue weighted by Crippen LogP contribution is -2.43. The number of thioether (sulfide) groups is 1. The lowest BCUT2D eigenvalue weighted by atomic mass is 9.97. The van der Waals surface area contributed by atoms with Gasteiger partial charge in [-0.25, -0.2) is 4.79 Å². The first-order valence-electron chi connectivity index (χ1n) is 9.42. The Bertz CT molecular complexity index is 970. The fourth-order valence-electron chi connectivity index (χ4n) is 2.70. The number of aliphatic hydroxyl groups excluding tert-OH is 2. The summed E-state index contributed by atoms with van der Waals surface area (Å²) in [5.74, 6) is -1.06. The van der Waals surface area contributed by atoms with Gasteiger partial charge in [-0.2, -0.15) is 4.39 Å². The Morgan fingerprint density at radius 2 is 2.12 bits per heavy atom. The number of H-pyrrole nitrogens is 1. The molecule has 3 N–H and O–H groups in total. The van der Waals surface area contributed by atoms with Crippen LogP contribution in [0.4, 0.5) is 4.39 Å². The van der Waals surface area contributed by atoms with Gasteiger partial charge in [-0.05, 0) is 20.8 Å². The normalized spacial score (nSPS) is 26.9. The minimum Gasteiger partial charge on any atom is -0.395 e. The van der Waals surface area contributed by atoms with Crippen LogP contribution >= 0.6 is 31.6 Å². The van der Waals surface area contributed by atoms with Crippen LogP contribution in [0.1, 0.15) is 27.0 Å². The molecule has 11 nitrogen and oxygen atoms in total. The lowest BCUT2D eigenvalue weighted by molar-refractivity contribution is -0.119. The van der Waals surface area contributed by atoms with Gasteiger partial charge in [-0.1, -0.05) is 11.8 Å². The SMILES string of the molecule is CC(C)(CO)C(=O)SCCO[PH](=O)OC[C@H]1O[C@@H](n2cc(F)c(=O)[nH]c2=O)[C@](C)(Cl)[C@@H]1O. The summed E-state index contributed by atoms with van der Waals surface area (Å²) in [6, 6.07) is 0. The monoisotopic (exact) mass is 518 g/mol. The van der Waals surface area contributed by atoms with Crippen LogP contribution in [0.5, 0.6) is 0 Å².